The van der Waals surface area contributed by atoms with Gasteiger partial charge in [-0.2, -0.15) is 5.10 Å². The van der Waals surface area contributed by atoms with Crippen molar-refractivity contribution in [3.8, 4) is 17.2 Å². The summed E-state index contributed by atoms with van der Waals surface area (Å²) in [6, 6.07) is 15.2. The van der Waals surface area contributed by atoms with E-state index in [0.29, 0.717) is 48.2 Å². The summed E-state index contributed by atoms with van der Waals surface area (Å²) in [5.41, 5.74) is 3.42. The van der Waals surface area contributed by atoms with E-state index >= 15 is 0 Å². The van der Waals surface area contributed by atoms with Gasteiger partial charge in [0.05, 0.1) is 28.7 Å². The second-order valence-corrected chi connectivity index (χ2v) is 8.18. The van der Waals surface area contributed by atoms with Crippen molar-refractivity contribution in [1.29, 1.82) is 0 Å². The SMILES string of the molecule is Cc1nn(-c2ccccc2)c(C)c1C(=O)C(=O)N1CCCC1c1ccc2c(c1)OCCO2. The van der Waals surface area contributed by atoms with Crippen LogP contribution in [0.5, 0.6) is 11.5 Å². The summed E-state index contributed by atoms with van der Waals surface area (Å²) in [5.74, 6) is 0.412. The van der Waals surface area contributed by atoms with E-state index in [1.807, 2.05) is 55.5 Å². The average molecular weight is 431 g/mol. The van der Waals surface area contributed by atoms with Gasteiger partial charge >= 0.3 is 0 Å². The molecule has 1 atom stereocenters. The number of ether oxygens (including phenoxy) is 2. The quantitative estimate of drug-likeness (QED) is 0.464. The van der Waals surface area contributed by atoms with E-state index in [0.717, 1.165) is 24.1 Å². The third-order valence-corrected chi connectivity index (χ3v) is 6.18. The van der Waals surface area contributed by atoms with Crippen LogP contribution in [0.15, 0.2) is 48.5 Å². The second kappa shape index (κ2) is 8.15. The van der Waals surface area contributed by atoms with Crippen molar-refractivity contribution in [2.24, 2.45) is 0 Å². The van der Waals surface area contributed by atoms with E-state index in [9.17, 15) is 9.59 Å². The number of aryl methyl sites for hydroxylation is 1. The number of Topliss-reactive ketones (excluding diaryl/α,β-unsaturated/α-hetero) is 1. The van der Waals surface area contributed by atoms with Crippen molar-refractivity contribution in [2.45, 2.75) is 32.7 Å². The van der Waals surface area contributed by atoms with E-state index in [2.05, 4.69) is 5.10 Å². The molecule has 1 saturated heterocycles. The Balaban J connectivity index is 1.43. The van der Waals surface area contributed by atoms with E-state index in [1.165, 1.54) is 0 Å². The van der Waals surface area contributed by atoms with Crippen LogP contribution in [0.1, 0.15) is 46.2 Å². The summed E-state index contributed by atoms with van der Waals surface area (Å²) >= 11 is 0. The first-order valence-electron chi connectivity index (χ1n) is 10.9. The lowest BCUT2D eigenvalue weighted by atomic mass is 10.0. The number of hydrogen-bond acceptors (Lipinski definition) is 5. The lowest BCUT2D eigenvalue weighted by molar-refractivity contribution is -0.127. The predicted molar refractivity (Wildman–Crippen MR) is 118 cm³/mol. The standard InChI is InChI=1S/C25H25N3O4/c1-16-23(17(2)28(26-16)19-7-4-3-5-8-19)24(29)25(30)27-12-6-9-20(27)18-10-11-21-22(15-18)32-14-13-31-21/h3-5,7-8,10-11,15,20H,6,9,12-14H2,1-2H3. The number of ketones is 1. The summed E-state index contributed by atoms with van der Waals surface area (Å²) in [6.07, 6.45) is 1.65. The average Bonchev–Trinajstić information content (AvgIpc) is 3.43. The number of nitrogens with zero attached hydrogens (tertiary/aromatic N) is 3. The third kappa shape index (κ3) is 3.43. The number of carbonyl (C=O) groups is 2. The number of fused-ring (bicyclic) bond motifs is 1. The van der Waals surface area contributed by atoms with E-state index in [4.69, 9.17) is 9.47 Å². The molecule has 0 aliphatic carbocycles. The lowest BCUT2D eigenvalue weighted by Crippen LogP contribution is -2.36. The highest BCUT2D eigenvalue weighted by atomic mass is 16.6. The molecular weight excluding hydrogens is 406 g/mol. The Labute approximate surface area is 186 Å². The molecule has 0 radical (unpaired) electrons. The fourth-order valence-electron chi connectivity index (χ4n) is 4.65. The molecule has 1 unspecified atom stereocenters. The molecule has 1 amide bonds. The number of rotatable bonds is 4. The molecule has 7 nitrogen and oxygen atoms in total. The molecule has 3 heterocycles. The highest BCUT2D eigenvalue weighted by molar-refractivity contribution is 6.43. The maximum Gasteiger partial charge on any atom is 0.295 e. The molecule has 1 fully saturated rings. The van der Waals surface area contributed by atoms with Gasteiger partial charge in [-0.15, -0.1) is 0 Å². The molecule has 3 aromatic rings. The molecule has 5 rings (SSSR count). The van der Waals surface area contributed by atoms with Gasteiger partial charge < -0.3 is 14.4 Å². The van der Waals surface area contributed by atoms with Crippen molar-refractivity contribution in [1.82, 2.24) is 14.7 Å². The molecule has 32 heavy (non-hydrogen) atoms. The van der Waals surface area contributed by atoms with Crippen LogP contribution in [-0.2, 0) is 4.79 Å². The molecule has 2 aliphatic rings. The van der Waals surface area contributed by atoms with Crippen LogP contribution in [0.25, 0.3) is 5.69 Å². The molecule has 0 saturated carbocycles. The van der Waals surface area contributed by atoms with Gasteiger partial charge in [0.1, 0.15) is 13.2 Å². The van der Waals surface area contributed by atoms with Crippen molar-refractivity contribution in [2.75, 3.05) is 19.8 Å². The van der Waals surface area contributed by atoms with Gasteiger partial charge in [-0.05, 0) is 56.5 Å². The Morgan fingerprint density at radius 3 is 2.53 bits per heavy atom. The van der Waals surface area contributed by atoms with E-state index in [-0.39, 0.29) is 6.04 Å². The molecule has 2 aromatic carbocycles. The first-order valence-corrected chi connectivity index (χ1v) is 10.9. The predicted octanol–water partition coefficient (Wildman–Crippen LogP) is 3.81. The van der Waals surface area contributed by atoms with Crippen molar-refractivity contribution < 1.29 is 19.1 Å². The van der Waals surface area contributed by atoms with Crippen LogP contribution in [0.4, 0.5) is 0 Å². The first-order chi connectivity index (χ1) is 15.5. The highest BCUT2D eigenvalue weighted by Gasteiger charge is 2.36. The monoisotopic (exact) mass is 431 g/mol. The van der Waals surface area contributed by atoms with Crippen LogP contribution in [-0.4, -0.2) is 46.1 Å². The molecule has 0 N–H and O–H groups in total. The Morgan fingerprint density at radius 2 is 1.75 bits per heavy atom. The zero-order valence-electron chi connectivity index (χ0n) is 18.2. The minimum Gasteiger partial charge on any atom is -0.486 e. The Hall–Kier alpha value is -3.61. The summed E-state index contributed by atoms with van der Waals surface area (Å²) in [7, 11) is 0. The Morgan fingerprint density at radius 1 is 1.00 bits per heavy atom. The van der Waals surface area contributed by atoms with Crippen LogP contribution in [0.2, 0.25) is 0 Å². The first kappa shape index (κ1) is 20.3. The normalized spacial score (nSPS) is 17.4. The zero-order chi connectivity index (χ0) is 22.2. The minimum atomic E-state index is -0.508. The smallest absolute Gasteiger partial charge is 0.295 e. The molecule has 2 aliphatic heterocycles. The minimum absolute atomic E-state index is 0.160. The number of carbonyl (C=O) groups excluding carboxylic acids is 2. The van der Waals surface area contributed by atoms with Crippen LogP contribution >= 0.6 is 0 Å². The van der Waals surface area contributed by atoms with Crippen molar-refractivity contribution >= 4 is 11.7 Å². The van der Waals surface area contributed by atoms with Gasteiger partial charge in [-0.25, -0.2) is 4.68 Å². The van der Waals surface area contributed by atoms with E-state index < -0.39 is 11.7 Å². The van der Waals surface area contributed by atoms with E-state index in [1.54, 1.807) is 16.5 Å². The van der Waals surface area contributed by atoms with Gasteiger partial charge in [0, 0.05) is 6.54 Å². The fourth-order valence-corrected chi connectivity index (χ4v) is 4.65. The molecular formula is C25H25N3O4. The van der Waals surface area contributed by atoms with Crippen LogP contribution in [0.3, 0.4) is 0 Å². The zero-order valence-corrected chi connectivity index (χ0v) is 18.2. The molecule has 164 valence electrons. The van der Waals surface area contributed by atoms with Crippen molar-refractivity contribution in [3.63, 3.8) is 0 Å². The van der Waals surface area contributed by atoms with Crippen molar-refractivity contribution in [3.05, 3.63) is 71.0 Å². The Bertz CT molecular complexity index is 1190. The number of aromatic nitrogens is 2. The summed E-state index contributed by atoms with van der Waals surface area (Å²) < 4.78 is 13.0. The number of para-hydroxylation sites is 1. The van der Waals surface area contributed by atoms with Gasteiger partial charge in [-0.3, -0.25) is 9.59 Å². The highest BCUT2D eigenvalue weighted by Crippen LogP contribution is 2.38. The number of benzene rings is 2. The fraction of sp³-hybridized carbons (Fsp3) is 0.320. The maximum atomic E-state index is 13.4. The summed E-state index contributed by atoms with van der Waals surface area (Å²) in [5, 5.41) is 4.53. The van der Waals surface area contributed by atoms with Crippen LogP contribution in [0, 0.1) is 13.8 Å². The molecule has 0 spiro atoms. The Kier molecular flexibility index (Phi) is 5.17. The molecule has 0 bridgehead atoms. The van der Waals surface area contributed by atoms with Gasteiger partial charge in [0.25, 0.3) is 11.7 Å². The van der Waals surface area contributed by atoms with Gasteiger partial charge in [0.15, 0.2) is 11.5 Å². The summed E-state index contributed by atoms with van der Waals surface area (Å²) in [4.78, 5) is 28.4. The number of hydrogen-bond donors (Lipinski definition) is 0. The molecule has 1 aromatic heterocycles. The largest absolute Gasteiger partial charge is 0.486 e. The number of amides is 1. The van der Waals surface area contributed by atoms with Crippen LogP contribution < -0.4 is 9.47 Å². The molecule has 7 heteroatoms. The third-order valence-electron chi connectivity index (χ3n) is 6.18. The number of likely N-dealkylation sites (tertiary alicyclic amines) is 1. The second-order valence-electron chi connectivity index (χ2n) is 8.18. The lowest BCUT2D eigenvalue weighted by Gasteiger charge is -2.26. The van der Waals surface area contributed by atoms with Gasteiger partial charge in [-0.1, -0.05) is 24.3 Å². The topological polar surface area (TPSA) is 73.7 Å². The van der Waals surface area contributed by atoms with Gasteiger partial charge in [0.2, 0.25) is 0 Å². The summed E-state index contributed by atoms with van der Waals surface area (Å²) in [6.45, 7) is 5.19. The maximum absolute atomic E-state index is 13.4.